The molecular weight excluding hydrogens is 296 g/mol. The van der Waals surface area contributed by atoms with Crippen molar-refractivity contribution in [2.24, 2.45) is 0 Å². The molecule has 0 saturated heterocycles. The number of nitrogens with zero attached hydrogens (tertiary/aromatic N) is 1. The lowest BCUT2D eigenvalue weighted by Crippen LogP contribution is -2.17. The van der Waals surface area contributed by atoms with Gasteiger partial charge < -0.3 is 9.88 Å². The SMILES string of the molecule is CCn1c(-c2cccc3c2N[C@H](C)CC(=O)C3)cc2ccccc21. The first-order chi connectivity index (χ1) is 11.7. The molecule has 3 aromatic rings. The Hall–Kier alpha value is -2.55. The Bertz CT molecular complexity index is 923. The minimum atomic E-state index is 0.166. The molecule has 2 aromatic carbocycles. The number of ketones is 1. The third-order valence-corrected chi connectivity index (χ3v) is 4.87. The lowest BCUT2D eigenvalue weighted by molar-refractivity contribution is -0.118. The number of para-hydroxylation sites is 2. The van der Waals surface area contributed by atoms with Crippen LogP contribution >= 0.6 is 0 Å². The highest BCUT2D eigenvalue weighted by Gasteiger charge is 2.22. The number of hydrogen-bond acceptors (Lipinski definition) is 2. The average molecular weight is 318 g/mol. The van der Waals surface area contributed by atoms with Crippen molar-refractivity contribution in [1.29, 1.82) is 0 Å². The van der Waals surface area contributed by atoms with Gasteiger partial charge in [0, 0.05) is 47.6 Å². The van der Waals surface area contributed by atoms with Crippen molar-refractivity contribution in [2.45, 2.75) is 39.3 Å². The third-order valence-electron chi connectivity index (χ3n) is 4.87. The smallest absolute Gasteiger partial charge is 0.139 e. The van der Waals surface area contributed by atoms with Gasteiger partial charge in [0.15, 0.2) is 0 Å². The van der Waals surface area contributed by atoms with E-state index in [9.17, 15) is 4.79 Å². The van der Waals surface area contributed by atoms with Crippen molar-refractivity contribution < 1.29 is 4.79 Å². The molecule has 24 heavy (non-hydrogen) atoms. The molecule has 0 fully saturated rings. The maximum absolute atomic E-state index is 12.1. The number of aryl methyl sites for hydroxylation is 1. The van der Waals surface area contributed by atoms with Gasteiger partial charge in [-0.1, -0.05) is 36.4 Å². The standard InChI is InChI=1S/C21H22N2O/c1-3-23-19-10-5-4-7-15(19)13-20(23)18-9-6-8-16-12-17(24)11-14(2)22-21(16)18/h4-10,13-14,22H,3,11-12H2,1-2H3/t14-/m1/s1. The summed E-state index contributed by atoms with van der Waals surface area (Å²) >= 11 is 0. The highest BCUT2D eigenvalue weighted by atomic mass is 16.1. The van der Waals surface area contributed by atoms with E-state index in [-0.39, 0.29) is 6.04 Å². The minimum Gasteiger partial charge on any atom is -0.381 e. The summed E-state index contributed by atoms with van der Waals surface area (Å²) in [6, 6.07) is 17.2. The van der Waals surface area contributed by atoms with Gasteiger partial charge in [0.25, 0.3) is 0 Å². The van der Waals surface area contributed by atoms with Gasteiger partial charge in [0.2, 0.25) is 0 Å². The normalized spacial score (nSPS) is 17.4. The number of nitrogens with one attached hydrogen (secondary N) is 1. The molecule has 1 atom stereocenters. The summed E-state index contributed by atoms with van der Waals surface area (Å²) in [5.41, 5.74) is 5.88. The Morgan fingerprint density at radius 1 is 1.17 bits per heavy atom. The summed E-state index contributed by atoms with van der Waals surface area (Å²) < 4.78 is 2.35. The minimum absolute atomic E-state index is 0.166. The number of hydrogen-bond donors (Lipinski definition) is 1. The number of anilines is 1. The fourth-order valence-corrected chi connectivity index (χ4v) is 3.83. The van der Waals surface area contributed by atoms with Gasteiger partial charge in [0.05, 0.1) is 5.69 Å². The van der Waals surface area contributed by atoms with Crippen molar-refractivity contribution in [3.63, 3.8) is 0 Å². The largest absolute Gasteiger partial charge is 0.381 e. The molecular formula is C21H22N2O. The molecule has 0 unspecified atom stereocenters. The van der Waals surface area contributed by atoms with Crippen LogP contribution in [0.15, 0.2) is 48.5 Å². The molecule has 1 aliphatic rings. The van der Waals surface area contributed by atoms with Crippen LogP contribution in [0, 0.1) is 0 Å². The fourth-order valence-electron chi connectivity index (χ4n) is 3.83. The molecule has 0 bridgehead atoms. The summed E-state index contributed by atoms with van der Waals surface area (Å²) in [5, 5.41) is 4.84. The third kappa shape index (κ3) is 2.41. The van der Waals surface area contributed by atoms with Crippen molar-refractivity contribution in [2.75, 3.05) is 5.32 Å². The van der Waals surface area contributed by atoms with Crippen molar-refractivity contribution in [3.8, 4) is 11.3 Å². The molecule has 0 spiro atoms. The number of rotatable bonds is 2. The second kappa shape index (κ2) is 5.82. The summed E-state index contributed by atoms with van der Waals surface area (Å²) in [6.07, 6.45) is 1.11. The van der Waals surface area contributed by atoms with E-state index in [0.717, 1.165) is 17.8 Å². The molecule has 0 aliphatic carbocycles. The summed E-state index contributed by atoms with van der Waals surface area (Å²) in [7, 11) is 0. The number of Topliss-reactive ketones (excluding diaryl/α,β-unsaturated/α-hetero) is 1. The highest BCUT2D eigenvalue weighted by molar-refractivity contribution is 5.93. The molecule has 1 aromatic heterocycles. The van der Waals surface area contributed by atoms with Crippen LogP contribution in [-0.2, 0) is 17.8 Å². The second-order valence-electron chi connectivity index (χ2n) is 6.64. The van der Waals surface area contributed by atoms with Gasteiger partial charge in [-0.3, -0.25) is 4.79 Å². The van der Waals surface area contributed by atoms with Crippen LogP contribution in [0.5, 0.6) is 0 Å². The first-order valence-corrected chi connectivity index (χ1v) is 8.66. The topological polar surface area (TPSA) is 34.0 Å². The van der Waals surface area contributed by atoms with E-state index < -0.39 is 0 Å². The molecule has 122 valence electrons. The van der Waals surface area contributed by atoms with Crippen LogP contribution in [0.4, 0.5) is 5.69 Å². The quantitative estimate of drug-likeness (QED) is 0.746. The lowest BCUT2D eigenvalue weighted by atomic mass is 10.0. The Kier molecular flexibility index (Phi) is 3.64. The number of aromatic nitrogens is 1. The van der Waals surface area contributed by atoms with E-state index in [1.807, 2.05) is 0 Å². The predicted molar refractivity (Wildman–Crippen MR) is 99.5 cm³/mol. The Labute approximate surface area is 142 Å². The maximum atomic E-state index is 12.1. The summed E-state index contributed by atoms with van der Waals surface area (Å²) in [4.78, 5) is 12.1. The molecule has 2 heterocycles. The molecule has 1 N–H and O–H groups in total. The van der Waals surface area contributed by atoms with E-state index in [4.69, 9.17) is 0 Å². The first kappa shape index (κ1) is 15.0. The van der Waals surface area contributed by atoms with Crippen LogP contribution < -0.4 is 5.32 Å². The molecule has 0 radical (unpaired) electrons. The molecule has 0 amide bonds. The zero-order valence-electron chi connectivity index (χ0n) is 14.2. The zero-order chi connectivity index (χ0) is 16.7. The Balaban J connectivity index is 1.95. The molecule has 3 heteroatoms. The molecule has 4 rings (SSSR count). The van der Waals surface area contributed by atoms with Crippen LogP contribution in [-0.4, -0.2) is 16.4 Å². The number of carbonyl (C=O) groups is 1. The van der Waals surface area contributed by atoms with Crippen molar-refractivity contribution in [3.05, 3.63) is 54.1 Å². The number of benzene rings is 2. The van der Waals surface area contributed by atoms with Gasteiger partial charge >= 0.3 is 0 Å². The highest BCUT2D eigenvalue weighted by Crippen LogP contribution is 2.37. The van der Waals surface area contributed by atoms with Crippen LogP contribution in [0.2, 0.25) is 0 Å². The van der Waals surface area contributed by atoms with Gasteiger partial charge in [0.1, 0.15) is 5.78 Å². The monoisotopic (exact) mass is 318 g/mol. The van der Waals surface area contributed by atoms with Gasteiger partial charge in [-0.25, -0.2) is 0 Å². The Morgan fingerprint density at radius 2 is 2.00 bits per heavy atom. The van der Waals surface area contributed by atoms with Crippen LogP contribution in [0.1, 0.15) is 25.8 Å². The average Bonchev–Trinajstić information content (AvgIpc) is 2.86. The van der Waals surface area contributed by atoms with Crippen LogP contribution in [0.3, 0.4) is 0 Å². The second-order valence-corrected chi connectivity index (χ2v) is 6.64. The van der Waals surface area contributed by atoms with Crippen molar-refractivity contribution >= 4 is 22.4 Å². The number of fused-ring (bicyclic) bond motifs is 2. The maximum Gasteiger partial charge on any atom is 0.139 e. The van der Waals surface area contributed by atoms with E-state index in [2.05, 4.69) is 72.3 Å². The summed E-state index contributed by atoms with van der Waals surface area (Å²) in [6.45, 7) is 5.18. The Morgan fingerprint density at radius 3 is 2.83 bits per heavy atom. The van der Waals surface area contributed by atoms with E-state index in [1.165, 1.54) is 22.2 Å². The molecule has 1 aliphatic heterocycles. The van der Waals surface area contributed by atoms with E-state index in [1.54, 1.807) is 0 Å². The van der Waals surface area contributed by atoms with Gasteiger partial charge in [-0.15, -0.1) is 0 Å². The molecule has 3 nitrogen and oxygen atoms in total. The van der Waals surface area contributed by atoms with Gasteiger partial charge in [-0.05, 0) is 31.5 Å². The van der Waals surface area contributed by atoms with E-state index in [0.29, 0.717) is 18.6 Å². The predicted octanol–water partition coefficient (Wildman–Crippen LogP) is 4.64. The van der Waals surface area contributed by atoms with Gasteiger partial charge in [-0.2, -0.15) is 0 Å². The summed E-state index contributed by atoms with van der Waals surface area (Å²) in [5.74, 6) is 0.307. The zero-order valence-corrected chi connectivity index (χ0v) is 14.2. The lowest BCUT2D eigenvalue weighted by Gasteiger charge is -2.18. The number of carbonyl (C=O) groups excluding carboxylic acids is 1. The van der Waals surface area contributed by atoms with Crippen LogP contribution in [0.25, 0.3) is 22.2 Å². The molecule has 0 saturated carbocycles. The van der Waals surface area contributed by atoms with E-state index >= 15 is 0 Å². The van der Waals surface area contributed by atoms with Crippen molar-refractivity contribution in [1.82, 2.24) is 4.57 Å². The first-order valence-electron chi connectivity index (χ1n) is 8.66. The fraction of sp³-hybridized carbons (Fsp3) is 0.286.